The van der Waals surface area contributed by atoms with Crippen LogP contribution in [0, 0.1) is 5.92 Å². The summed E-state index contributed by atoms with van der Waals surface area (Å²) in [5, 5.41) is 3.68. The normalized spacial score (nSPS) is 14.1. The second-order valence-electron chi connectivity index (χ2n) is 3.86. The molecule has 2 nitrogen and oxygen atoms in total. The maximum atomic E-state index is 12.3. The van der Waals surface area contributed by atoms with Gasteiger partial charge < -0.3 is 0 Å². The number of hydrogen-bond acceptors (Lipinski definition) is 1. The van der Waals surface area contributed by atoms with Crippen molar-refractivity contribution in [2.45, 2.75) is 32.5 Å². The minimum atomic E-state index is -4.31. The zero-order valence-electron chi connectivity index (χ0n) is 8.97. The van der Waals surface area contributed by atoms with Gasteiger partial charge in [0.2, 0.25) is 0 Å². The Morgan fingerprint density at radius 3 is 2.62 bits per heavy atom. The second kappa shape index (κ2) is 5.57. The van der Waals surface area contributed by atoms with Crippen LogP contribution in [0.25, 0.3) is 0 Å². The van der Waals surface area contributed by atoms with Gasteiger partial charge in [0.25, 0.3) is 0 Å². The summed E-state index contributed by atoms with van der Waals surface area (Å²) in [6.45, 7) is 2.52. The Balaban J connectivity index is 2.47. The Morgan fingerprint density at radius 2 is 2.12 bits per heavy atom. The number of nitrogens with zero attached hydrogens (tertiary/aromatic N) is 2. The highest BCUT2D eigenvalue weighted by Gasteiger charge is 2.32. The maximum Gasteiger partial charge on any atom is 0.419 e. The molecule has 0 aromatic carbocycles. The molecule has 1 rings (SSSR count). The molecule has 0 radical (unpaired) electrons. The highest BCUT2D eigenvalue weighted by atomic mass is 35.5. The van der Waals surface area contributed by atoms with E-state index in [1.807, 2.05) is 6.92 Å². The summed E-state index contributed by atoms with van der Waals surface area (Å²) < 4.78 is 38.1. The first kappa shape index (κ1) is 13.4. The first-order chi connectivity index (χ1) is 7.43. The third kappa shape index (κ3) is 4.04. The van der Waals surface area contributed by atoms with Crippen LogP contribution in [-0.2, 0) is 12.7 Å². The van der Waals surface area contributed by atoms with Gasteiger partial charge in [-0.25, -0.2) is 0 Å². The van der Waals surface area contributed by atoms with E-state index >= 15 is 0 Å². The molecule has 0 N–H and O–H groups in total. The fraction of sp³-hybridized carbons (Fsp3) is 0.700. The van der Waals surface area contributed by atoms with E-state index in [9.17, 15) is 13.2 Å². The van der Waals surface area contributed by atoms with Gasteiger partial charge in [-0.05, 0) is 18.8 Å². The van der Waals surface area contributed by atoms with Gasteiger partial charge in [-0.3, -0.25) is 4.68 Å². The van der Waals surface area contributed by atoms with Gasteiger partial charge in [-0.15, -0.1) is 11.6 Å². The molecular formula is C10H14ClF3N2. The van der Waals surface area contributed by atoms with Gasteiger partial charge in [0, 0.05) is 18.6 Å². The largest absolute Gasteiger partial charge is 0.419 e. The average Bonchev–Trinajstić information content (AvgIpc) is 2.63. The average molecular weight is 255 g/mol. The Morgan fingerprint density at radius 1 is 1.44 bits per heavy atom. The van der Waals surface area contributed by atoms with E-state index in [-0.39, 0.29) is 0 Å². The molecule has 0 spiro atoms. The molecule has 0 aliphatic carbocycles. The van der Waals surface area contributed by atoms with Crippen LogP contribution in [0.5, 0.6) is 0 Å². The standard InChI is InChI=1S/C10H14ClF3N2/c1-8(2-4-11)3-5-16-7-9(6-15-16)10(12,13)14/h6-8H,2-5H2,1H3. The smallest absolute Gasteiger partial charge is 0.272 e. The third-order valence-corrected chi connectivity index (χ3v) is 2.63. The van der Waals surface area contributed by atoms with E-state index in [0.29, 0.717) is 18.3 Å². The molecule has 1 unspecified atom stereocenters. The molecule has 1 heterocycles. The number of halogens is 4. The predicted octanol–water partition coefficient (Wildman–Crippen LogP) is 3.56. The Kier molecular flexibility index (Phi) is 4.65. The molecule has 0 saturated heterocycles. The van der Waals surface area contributed by atoms with E-state index in [2.05, 4.69) is 5.10 Å². The number of aryl methyl sites for hydroxylation is 1. The van der Waals surface area contributed by atoms with Crippen LogP contribution >= 0.6 is 11.6 Å². The minimum Gasteiger partial charge on any atom is -0.272 e. The zero-order chi connectivity index (χ0) is 12.2. The third-order valence-electron chi connectivity index (χ3n) is 2.41. The SMILES string of the molecule is CC(CCCl)CCn1cc(C(F)(F)F)cn1. The van der Waals surface area contributed by atoms with Crippen molar-refractivity contribution in [3.63, 3.8) is 0 Å². The molecule has 0 aliphatic heterocycles. The lowest BCUT2D eigenvalue weighted by Crippen LogP contribution is -2.06. The monoisotopic (exact) mass is 254 g/mol. The minimum absolute atomic E-state index is 0.399. The van der Waals surface area contributed by atoms with Crippen molar-refractivity contribution in [3.05, 3.63) is 18.0 Å². The number of alkyl halides is 4. The lowest BCUT2D eigenvalue weighted by molar-refractivity contribution is -0.137. The number of aromatic nitrogens is 2. The van der Waals surface area contributed by atoms with Crippen LogP contribution in [0.3, 0.4) is 0 Å². The van der Waals surface area contributed by atoms with Crippen molar-refractivity contribution in [2.75, 3.05) is 5.88 Å². The van der Waals surface area contributed by atoms with Crippen LogP contribution in [0.1, 0.15) is 25.3 Å². The molecule has 0 amide bonds. The number of hydrogen-bond donors (Lipinski definition) is 0. The van der Waals surface area contributed by atoms with Crippen molar-refractivity contribution < 1.29 is 13.2 Å². The maximum absolute atomic E-state index is 12.3. The summed E-state index contributed by atoms with van der Waals surface area (Å²) in [7, 11) is 0. The van der Waals surface area contributed by atoms with Crippen molar-refractivity contribution in [1.29, 1.82) is 0 Å². The Bertz CT molecular complexity index is 322. The summed E-state index contributed by atoms with van der Waals surface area (Å²) in [5.41, 5.74) is -0.697. The van der Waals surface area contributed by atoms with E-state index in [1.54, 1.807) is 0 Å². The lowest BCUT2D eigenvalue weighted by Gasteiger charge is -2.08. The van der Waals surface area contributed by atoms with Crippen LogP contribution in [0.2, 0.25) is 0 Å². The van der Waals surface area contributed by atoms with Crippen LogP contribution in [0.15, 0.2) is 12.4 Å². The Hall–Kier alpha value is -0.710. The molecule has 0 bridgehead atoms. The molecule has 92 valence electrons. The lowest BCUT2D eigenvalue weighted by atomic mass is 10.1. The fourth-order valence-electron chi connectivity index (χ4n) is 1.32. The van der Waals surface area contributed by atoms with E-state index < -0.39 is 11.7 Å². The summed E-state index contributed by atoms with van der Waals surface area (Å²) in [4.78, 5) is 0. The van der Waals surface area contributed by atoms with Gasteiger partial charge >= 0.3 is 6.18 Å². The van der Waals surface area contributed by atoms with Crippen molar-refractivity contribution in [2.24, 2.45) is 5.92 Å². The molecular weight excluding hydrogens is 241 g/mol. The molecule has 6 heteroatoms. The molecule has 1 atom stereocenters. The van der Waals surface area contributed by atoms with Gasteiger partial charge in [-0.2, -0.15) is 18.3 Å². The van der Waals surface area contributed by atoms with Crippen molar-refractivity contribution >= 4 is 11.6 Å². The summed E-state index contributed by atoms with van der Waals surface area (Å²) in [5.74, 6) is 0.977. The molecule has 1 aromatic rings. The van der Waals surface area contributed by atoms with E-state index in [1.165, 1.54) is 4.68 Å². The first-order valence-corrected chi connectivity index (χ1v) is 5.62. The zero-order valence-corrected chi connectivity index (χ0v) is 9.72. The topological polar surface area (TPSA) is 17.8 Å². The quantitative estimate of drug-likeness (QED) is 0.735. The van der Waals surface area contributed by atoms with Gasteiger partial charge in [0.1, 0.15) is 0 Å². The molecule has 1 aromatic heterocycles. The first-order valence-electron chi connectivity index (χ1n) is 5.09. The second-order valence-corrected chi connectivity index (χ2v) is 4.24. The van der Waals surface area contributed by atoms with Crippen LogP contribution in [-0.4, -0.2) is 15.7 Å². The molecule has 16 heavy (non-hydrogen) atoms. The summed E-state index contributed by atoms with van der Waals surface area (Å²) in [6, 6.07) is 0. The van der Waals surface area contributed by atoms with Crippen LogP contribution in [0.4, 0.5) is 13.2 Å². The molecule has 0 saturated carbocycles. The number of rotatable bonds is 5. The fourth-order valence-corrected chi connectivity index (χ4v) is 1.69. The van der Waals surface area contributed by atoms with E-state index in [4.69, 9.17) is 11.6 Å². The van der Waals surface area contributed by atoms with Gasteiger partial charge in [0.15, 0.2) is 0 Å². The van der Waals surface area contributed by atoms with Crippen LogP contribution < -0.4 is 0 Å². The summed E-state index contributed by atoms with van der Waals surface area (Å²) in [6.07, 6.45) is -0.764. The highest BCUT2D eigenvalue weighted by Crippen LogP contribution is 2.28. The van der Waals surface area contributed by atoms with E-state index in [0.717, 1.165) is 25.2 Å². The van der Waals surface area contributed by atoms with Gasteiger partial charge in [-0.1, -0.05) is 6.92 Å². The highest BCUT2D eigenvalue weighted by molar-refractivity contribution is 6.17. The summed E-state index contributed by atoms with van der Waals surface area (Å²) >= 11 is 5.57. The van der Waals surface area contributed by atoms with Gasteiger partial charge in [0.05, 0.1) is 11.8 Å². The van der Waals surface area contributed by atoms with Crippen molar-refractivity contribution in [1.82, 2.24) is 9.78 Å². The molecule has 0 aliphatic rings. The van der Waals surface area contributed by atoms with Crippen molar-refractivity contribution in [3.8, 4) is 0 Å². The Labute approximate surface area is 97.4 Å². The predicted molar refractivity (Wildman–Crippen MR) is 56.3 cm³/mol. The molecule has 0 fully saturated rings.